The Labute approximate surface area is 343 Å². The lowest BCUT2D eigenvalue weighted by molar-refractivity contribution is -0.254. The molecule has 0 radical (unpaired) electrons. The number of esters is 2. The van der Waals surface area contributed by atoms with Crippen LogP contribution in [0.15, 0.2) is 57.4 Å². The van der Waals surface area contributed by atoms with E-state index in [9.17, 15) is 45.0 Å². The smallest absolute Gasteiger partial charge is 0.312 e. The first-order chi connectivity index (χ1) is 28.8. The molecule has 1 aliphatic rings. The summed E-state index contributed by atoms with van der Waals surface area (Å²) in [7, 11) is 1.48. The third-order valence-electron chi connectivity index (χ3n) is 9.17. The fourth-order valence-electron chi connectivity index (χ4n) is 5.97. The number of rotatable bonds is 21. The first-order valence-electron chi connectivity index (χ1n) is 19.0. The maximum absolute atomic E-state index is 13.8. The quantitative estimate of drug-likeness (QED) is 0.0393. The van der Waals surface area contributed by atoms with E-state index in [-0.39, 0.29) is 87.1 Å². The van der Waals surface area contributed by atoms with E-state index in [1.165, 1.54) is 18.0 Å². The maximum Gasteiger partial charge on any atom is 0.312 e. The summed E-state index contributed by atoms with van der Waals surface area (Å²) in [5.74, 6) is -2.65. The van der Waals surface area contributed by atoms with Crippen molar-refractivity contribution in [1.29, 1.82) is 0 Å². The zero-order chi connectivity index (χ0) is 43.3. The highest BCUT2D eigenvalue weighted by molar-refractivity contribution is 5.92. The van der Waals surface area contributed by atoms with Crippen molar-refractivity contribution in [1.82, 2.24) is 15.0 Å². The van der Waals surface area contributed by atoms with E-state index >= 15 is 0 Å². The third-order valence-corrected chi connectivity index (χ3v) is 9.17. The monoisotopic (exact) mass is 843 g/mol. The lowest BCUT2D eigenvalue weighted by Gasteiger charge is -2.39. The van der Waals surface area contributed by atoms with Gasteiger partial charge in [0.15, 0.2) is 12.0 Å². The van der Waals surface area contributed by atoms with Gasteiger partial charge in [0.05, 0.1) is 72.4 Å². The molecule has 1 saturated heterocycles. The number of allylic oxidation sites excluding steroid dienone is 2. The molecule has 5 rings (SSSR count). The number of fused-ring (bicyclic) bond motifs is 1. The molecule has 4 aromatic rings. The van der Waals surface area contributed by atoms with E-state index in [1.54, 1.807) is 24.3 Å². The van der Waals surface area contributed by atoms with Gasteiger partial charge in [-0.3, -0.25) is 14.4 Å². The molecule has 60 heavy (non-hydrogen) atoms. The Morgan fingerprint density at radius 1 is 0.883 bits per heavy atom. The number of aliphatic hydroxyl groups excluding tert-OH is 4. The largest absolute Gasteiger partial charge is 0.507 e. The summed E-state index contributed by atoms with van der Waals surface area (Å²) in [4.78, 5) is 39.2. The molecule has 326 valence electrons. The van der Waals surface area contributed by atoms with Crippen molar-refractivity contribution in [3.05, 3.63) is 69.7 Å². The van der Waals surface area contributed by atoms with Crippen LogP contribution in [0.1, 0.15) is 44.2 Å². The highest BCUT2D eigenvalue weighted by Crippen LogP contribution is 2.39. The normalized spacial score (nSPS) is 18.9. The van der Waals surface area contributed by atoms with Crippen molar-refractivity contribution in [3.63, 3.8) is 0 Å². The number of phenols is 2. The van der Waals surface area contributed by atoms with Crippen molar-refractivity contribution in [3.8, 4) is 34.3 Å². The topological polar surface area (TPSA) is 281 Å². The van der Waals surface area contributed by atoms with Crippen LogP contribution in [0, 0.1) is 0 Å². The first kappa shape index (κ1) is 45.6. The van der Waals surface area contributed by atoms with Crippen molar-refractivity contribution >= 4 is 22.9 Å². The van der Waals surface area contributed by atoms with Crippen molar-refractivity contribution in [2.24, 2.45) is 0 Å². The van der Waals surface area contributed by atoms with Gasteiger partial charge in [0.25, 0.3) is 0 Å². The molecule has 0 saturated carbocycles. The van der Waals surface area contributed by atoms with Crippen LogP contribution in [-0.2, 0) is 46.3 Å². The number of ether oxygens (including phenoxy) is 7. The van der Waals surface area contributed by atoms with Gasteiger partial charge >= 0.3 is 11.9 Å². The van der Waals surface area contributed by atoms with E-state index in [2.05, 4.69) is 10.3 Å². The van der Waals surface area contributed by atoms with Gasteiger partial charge in [0, 0.05) is 17.2 Å². The zero-order valence-electron chi connectivity index (χ0n) is 33.2. The molecular formula is C40H49N3O17. The summed E-state index contributed by atoms with van der Waals surface area (Å²) in [5, 5.41) is 68.4. The summed E-state index contributed by atoms with van der Waals surface area (Å²) in [6, 6.07) is 7.40. The average Bonchev–Trinajstić information content (AvgIpc) is 3.70. The molecule has 6 N–H and O–H groups in total. The van der Waals surface area contributed by atoms with Gasteiger partial charge in [-0.15, -0.1) is 5.10 Å². The summed E-state index contributed by atoms with van der Waals surface area (Å²) >= 11 is 0. The molecule has 3 heterocycles. The Morgan fingerprint density at radius 3 is 2.22 bits per heavy atom. The number of methoxy groups -OCH3 is 1. The molecule has 1 fully saturated rings. The zero-order valence-corrected chi connectivity index (χ0v) is 33.2. The lowest BCUT2D eigenvalue weighted by atomic mass is 9.98. The van der Waals surface area contributed by atoms with E-state index in [0.29, 0.717) is 17.0 Å². The number of aromatic hydroxyl groups is 2. The van der Waals surface area contributed by atoms with Gasteiger partial charge in [0.1, 0.15) is 64.9 Å². The predicted molar refractivity (Wildman–Crippen MR) is 207 cm³/mol. The third kappa shape index (κ3) is 11.6. The van der Waals surface area contributed by atoms with Crippen LogP contribution in [0.2, 0.25) is 0 Å². The van der Waals surface area contributed by atoms with Gasteiger partial charge in [-0.25, -0.2) is 4.68 Å². The Hall–Kier alpha value is -5.45. The maximum atomic E-state index is 13.8. The van der Waals surface area contributed by atoms with Crippen molar-refractivity contribution < 1.29 is 77.8 Å². The molecule has 5 atom stereocenters. The Kier molecular flexibility index (Phi) is 16.5. The summed E-state index contributed by atoms with van der Waals surface area (Å²) in [6.07, 6.45) is -4.17. The number of aromatic nitrogens is 3. The summed E-state index contributed by atoms with van der Waals surface area (Å²) in [6.45, 7) is 3.99. The number of carbonyl (C=O) groups excluding carboxylic acids is 2. The highest BCUT2D eigenvalue weighted by Gasteiger charge is 2.44. The van der Waals surface area contributed by atoms with Gasteiger partial charge in [-0.05, 0) is 44.5 Å². The highest BCUT2D eigenvalue weighted by atomic mass is 16.6. The van der Waals surface area contributed by atoms with Crippen LogP contribution >= 0.6 is 0 Å². The molecular weight excluding hydrogens is 794 g/mol. The van der Waals surface area contributed by atoms with Gasteiger partial charge in [-0.1, -0.05) is 16.9 Å². The number of hydrogen-bond acceptors (Lipinski definition) is 19. The Balaban J connectivity index is 1.02. The predicted octanol–water partition coefficient (Wildman–Crippen LogP) is 1.43. The molecule has 20 nitrogen and oxygen atoms in total. The standard InChI is InChI=1S/C40H49N3O17/c1-22(2)4-9-26-27(45)18-28(46)32-34(50)39(37(60-38(26)32)23-5-7-25(53-3)8-6-23)59-31(48)11-10-30(47)57-17-16-55-13-12-54-14-15-56-21-24-19-43(42-41-24)40-36(52)35(51)33(49)29(20-44)58-40/h4-8,18-19,29,33,35-36,40,44-46,49,51-52H,9-17,20-21H2,1-3H3/t29-,33-,35+,36-,40-/m1/s1. The fourth-order valence-corrected chi connectivity index (χ4v) is 5.97. The van der Waals surface area contributed by atoms with Crippen LogP contribution in [0.3, 0.4) is 0 Å². The number of phenolic OH excluding ortho intramolecular Hbond substituents is 2. The lowest BCUT2D eigenvalue weighted by Crippen LogP contribution is -2.56. The van der Waals surface area contributed by atoms with Crippen molar-refractivity contribution in [2.75, 3.05) is 53.4 Å². The number of nitrogens with zero attached hydrogens (tertiary/aromatic N) is 3. The molecule has 1 aliphatic heterocycles. The van der Waals surface area contributed by atoms with E-state index in [4.69, 9.17) is 37.6 Å². The van der Waals surface area contributed by atoms with Crippen LogP contribution in [-0.4, -0.2) is 135 Å². The Bertz CT molecular complexity index is 2150. The molecule has 2 aromatic carbocycles. The number of benzene rings is 2. The van der Waals surface area contributed by atoms with Crippen LogP contribution in [0.25, 0.3) is 22.3 Å². The van der Waals surface area contributed by atoms with Gasteiger partial charge in [-0.2, -0.15) is 0 Å². The van der Waals surface area contributed by atoms with Gasteiger partial charge < -0.3 is 68.2 Å². The summed E-state index contributed by atoms with van der Waals surface area (Å²) < 4.78 is 44.9. The summed E-state index contributed by atoms with van der Waals surface area (Å²) in [5.41, 5.74) is 0.974. The number of aliphatic hydroxyl groups is 4. The van der Waals surface area contributed by atoms with Gasteiger partial charge in [0.2, 0.25) is 11.2 Å². The molecule has 2 aromatic heterocycles. The van der Waals surface area contributed by atoms with Crippen LogP contribution in [0.5, 0.6) is 23.0 Å². The van der Waals surface area contributed by atoms with Crippen LogP contribution in [0.4, 0.5) is 0 Å². The minimum atomic E-state index is -1.55. The molecule has 0 bridgehead atoms. The van der Waals surface area contributed by atoms with E-state index in [1.807, 2.05) is 19.9 Å². The average molecular weight is 844 g/mol. The van der Waals surface area contributed by atoms with E-state index in [0.717, 1.165) is 11.6 Å². The van der Waals surface area contributed by atoms with Crippen LogP contribution < -0.4 is 14.9 Å². The SMILES string of the molecule is COc1ccc(-c2oc3c(CC=C(C)C)c(O)cc(O)c3c(=O)c2OC(=O)CCC(=O)OCCOCCOCCOCc2cn([C@@H]3O[C@H](CO)[C@@H](O)[C@H](O)[C@H]3O)nn2)cc1. The number of hydrogen-bond donors (Lipinski definition) is 6. The second kappa shape index (κ2) is 21.7. The minimum Gasteiger partial charge on any atom is -0.507 e. The Morgan fingerprint density at radius 2 is 1.55 bits per heavy atom. The molecule has 20 heteroatoms. The number of carbonyl (C=O) groups is 2. The minimum absolute atomic E-state index is 0.0537. The second-order valence-corrected chi connectivity index (χ2v) is 13.8. The molecule has 0 spiro atoms. The fraction of sp³-hybridized carbons (Fsp3) is 0.475. The molecule has 0 unspecified atom stereocenters. The second-order valence-electron chi connectivity index (χ2n) is 13.8. The molecule has 0 aliphatic carbocycles. The van der Waals surface area contributed by atoms with E-state index < -0.39 is 72.5 Å². The molecule has 0 amide bonds. The van der Waals surface area contributed by atoms with Crippen molar-refractivity contribution in [2.45, 2.75) is 70.4 Å². The first-order valence-corrected chi connectivity index (χ1v) is 19.0.